The van der Waals surface area contributed by atoms with E-state index in [1.807, 2.05) is 0 Å². The fraction of sp³-hybridized carbons (Fsp3) is 0.471. The predicted octanol–water partition coefficient (Wildman–Crippen LogP) is 1.91. The zero-order valence-electron chi connectivity index (χ0n) is 15.0. The van der Waals surface area contributed by atoms with E-state index in [9.17, 15) is 22.8 Å². The number of Topliss-reactive ketones (excluding diaryl/α,β-unsaturated/α-hetero) is 1. The number of anilines is 1. The number of nitrogens with one attached hydrogen (secondary N) is 1. The lowest BCUT2D eigenvalue weighted by atomic mass is 10.1. The minimum absolute atomic E-state index is 0.0598. The number of hydrogen-bond donors (Lipinski definition) is 1. The molecule has 0 heterocycles. The van der Waals surface area contributed by atoms with Gasteiger partial charge in [-0.2, -0.15) is 0 Å². The number of rotatable bonds is 10. The molecule has 1 N–H and O–H groups in total. The minimum atomic E-state index is -3.99. The molecule has 0 aliphatic carbocycles. The molecule has 9 heteroatoms. The van der Waals surface area contributed by atoms with E-state index in [2.05, 4.69) is 4.72 Å². The number of ketones is 1. The largest absolute Gasteiger partial charge is 0.466 e. The van der Waals surface area contributed by atoms with Crippen LogP contribution in [0, 0.1) is 0 Å². The van der Waals surface area contributed by atoms with Gasteiger partial charge >= 0.3 is 11.9 Å². The van der Waals surface area contributed by atoms with E-state index in [1.165, 1.54) is 24.3 Å². The number of carbonyl (C=O) groups excluding carboxylic acids is 3. The van der Waals surface area contributed by atoms with Crippen LogP contribution in [0.2, 0.25) is 0 Å². The summed E-state index contributed by atoms with van der Waals surface area (Å²) >= 11 is 0. The molecule has 0 amide bonds. The van der Waals surface area contributed by atoms with Crippen LogP contribution < -0.4 is 4.72 Å². The Bertz CT molecular complexity index is 741. The lowest BCUT2D eigenvalue weighted by molar-refractivity contribution is -0.143. The second kappa shape index (κ2) is 9.91. The van der Waals surface area contributed by atoms with E-state index in [-0.39, 0.29) is 37.3 Å². The SMILES string of the molecule is CCOC(=O)CC(=O)c1ccc(NS(=O)(=O)C(CC)C(=O)OCC)cc1. The van der Waals surface area contributed by atoms with Gasteiger partial charge in [0.05, 0.1) is 13.2 Å². The van der Waals surface area contributed by atoms with Crippen LogP contribution in [-0.2, 0) is 29.1 Å². The lowest BCUT2D eigenvalue weighted by Crippen LogP contribution is -2.35. The number of ether oxygens (including phenoxy) is 2. The topological polar surface area (TPSA) is 116 Å². The van der Waals surface area contributed by atoms with Gasteiger partial charge < -0.3 is 9.47 Å². The smallest absolute Gasteiger partial charge is 0.326 e. The number of sulfonamides is 1. The summed E-state index contributed by atoms with van der Waals surface area (Å²) in [5.41, 5.74) is 0.443. The Balaban J connectivity index is 2.84. The predicted molar refractivity (Wildman–Crippen MR) is 95.3 cm³/mol. The molecule has 0 fully saturated rings. The molecule has 0 aliphatic rings. The van der Waals surface area contributed by atoms with E-state index >= 15 is 0 Å². The maximum absolute atomic E-state index is 12.3. The Morgan fingerprint density at radius 1 is 1.00 bits per heavy atom. The normalized spacial score (nSPS) is 12.1. The van der Waals surface area contributed by atoms with Crippen LogP contribution in [-0.4, -0.2) is 44.6 Å². The first kappa shape index (κ1) is 21.6. The van der Waals surface area contributed by atoms with Crippen LogP contribution in [0.5, 0.6) is 0 Å². The van der Waals surface area contributed by atoms with Crippen LogP contribution in [0.4, 0.5) is 5.69 Å². The monoisotopic (exact) mass is 385 g/mol. The molecular formula is C17H23NO7S. The molecule has 1 unspecified atom stereocenters. The molecule has 1 atom stereocenters. The third-order valence-electron chi connectivity index (χ3n) is 3.37. The van der Waals surface area contributed by atoms with Gasteiger partial charge in [-0.15, -0.1) is 0 Å². The van der Waals surface area contributed by atoms with Crippen molar-refractivity contribution in [2.24, 2.45) is 0 Å². The molecule has 0 saturated carbocycles. The molecule has 0 saturated heterocycles. The highest BCUT2D eigenvalue weighted by Gasteiger charge is 2.32. The average Bonchev–Trinajstić information content (AvgIpc) is 2.55. The second-order valence-corrected chi connectivity index (χ2v) is 7.14. The standard InChI is InChI=1S/C17H23NO7S/c1-4-15(17(21)25-6-3)26(22,23)18-13-9-7-12(8-10-13)14(19)11-16(20)24-5-2/h7-10,15,18H,4-6,11H2,1-3H3. The highest BCUT2D eigenvalue weighted by molar-refractivity contribution is 7.94. The molecule has 0 aromatic heterocycles. The van der Waals surface area contributed by atoms with Crippen molar-refractivity contribution in [2.45, 2.75) is 38.9 Å². The molecule has 0 aliphatic heterocycles. The first-order chi connectivity index (χ1) is 12.2. The fourth-order valence-electron chi connectivity index (χ4n) is 2.15. The van der Waals surface area contributed by atoms with E-state index in [0.29, 0.717) is 0 Å². The molecule has 8 nitrogen and oxygen atoms in total. The van der Waals surface area contributed by atoms with Crippen LogP contribution >= 0.6 is 0 Å². The third-order valence-corrected chi connectivity index (χ3v) is 5.17. The Hall–Kier alpha value is -2.42. The van der Waals surface area contributed by atoms with Gasteiger partial charge in [0.25, 0.3) is 0 Å². The van der Waals surface area contributed by atoms with E-state index in [1.54, 1.807) is 20.8 Å². The maximum Gasteiger partial charge on any atom is 0.326 e. The van der Waals surface area contributed by atoms with Crippen molar-refractivity contribution < 1.29 is 32.3 Å². The summed E-state index contributed by atoms with van der Waals surface area (Å²) in [5, 5.41) is -1.33. The molecule has 26 heavy (non-hydrogen) atoms. The molecule has 0 spiro atoms. The van der Waals surface area contributed by atoms with Crippen molar-refractivity contribution in [3.8, 4) is 0 Å². The molecule has 0 radical (unpaired) electrons. The summed E-state index contributed by atoms with van der Waals surface area (Å²) in [4.78, 5) is 35.1. The quantitative estimate of drug-likeness (QED) is 0.371. The van der Waals surface area contributed by atoms with Crippen molar-refractivity contribution in [2.75, 3.05) is 17.9 Å². The van der Waals surface area contributed by atoms with Gasteiger partial charge in [-0.3, -0.25) is 19.1 Å². The molecular weight excluding hydrogens is 362 g/mol. The fourth-order valence-corrected chi connectivity index (χ4v) is 3.52. The van der Waals surface area contributed by atoms with Crippen molar-refractivity contribution in [1.82, 2.24) is 0 Å². The van der Waals surface area contributed by atoms with Crippen LogP contribution in [0.25, 0.3) is 0 Å². The van der Waals surface area contributed by atoms with Crippen LogP contribution in [0.15, 0.2) is 24.3 Å². The zero-order chi connectivity index (χ0) is 19.7. The van der Waals surface area contributed by atoms with Gasteiger partial charge in [0.2, 0.25) is 10.0 Å². The Morgan fingerprint density at radius 2 is 1.58 bits per heavy atom. The molecule has 1 rings (SSSR count). The van der Waals surface area contributed by atoms with Crippen molar-refractivity contribution in [1.29, 1.82) is 0 Å². The molecule has 1 aromatic carbocycles. The molecule has 144 valence electrons. The van der Waals surface area contributed by atoms with Gasteiger partial charge in [-0.25, -0.2) is 8.42 Å². The van der Waals surface area contributed by atoms with Crippen LogP contribution in [0.1, 0.15) is 44.0 Å². The first-order valence-electron chi connectivity index (χ1n) is 8.22. The summed E-state index contributed by atoms with van der Waals surface area (Å²) in [5.74, 6) is -1.87. The Labute approximate surface area is 152 Å². The summed E-state index contributed by atoms with van der Waals surface area (Å²) in [7, 11) is -3.99. The summed E-state index contributed by atoms with van der Waals surface area (Å²) < 4.78 is 36.5. The average molecular weight is 385 g/mol. The van der Waals surface area contributed by atoms with Gasteiger partial charge in [-0.1, -0.05) is 6.92 Å². The summed E-state index contributed by atoms with van der Waals surface area (Å²) in [6.45, 7) is 5.08. The van der Waals surface area contributed by atoms with Gasteiger partial charge in [-0.05, 0) is 44.5 Å². The minimum Gasteiger partial charge on any atom is -0.466 e. The number of benzene rings is 1. The molecule has 1 aromatic rings. The van der Waals surface area contributed by atoms with Gasteiger partial charge in [0, 0.05) is 11.3 Å². The first-order valence-corrected chi connectivity index (χ1v) is 9.76. The van der Waals surface area contributed by atoms with Gasteiger partial charge in [0.1, 0.15) is 6.42 Å². The lowest BCUT2D eigenvalue weighted by Gasteiger charge is -2.16. The number of carbonyl (C=O) groups is 3. The molecule has 0 bridgehead atoms. The highest BCUT2D eigenvalue weighted by atomic mass is 32.2. The summed E-state index contributed by atoms with van der Waals surface area (Å²) in [6, 6.07) is 5.55. The van der Waals surface area contributed by atoms with Gasteiger partial charge in [0.15, 0.2) is 11.0 Å². The van der Waals surface area contributed by atoms with E-state index < -0.39 is 33.0 Å². The zero-order valence-corrected chi connectivity index (χ0v) is 15.8. The highest BCUT2D eigenvalue weighted by Crippen LogP contribution is 2.17. The van der Waals surface area contributed by atoms with Crippen molar-refractivity contribution >= 4 is 33.4 Å². The van der Waals surface area contributed by atoms with E-state index in [4.69, 9.17) is 9.47 Å². The number of hydrogen-bond acceptors (Lipinski definition) is 7. The summed E-state index contributed by atoms with van der Waals surface area (Å²) in [6.07, 6.45) is -0.329. The Kier molecular flexibility index (Phi) is 8.24. The van der Waals surface area contributed by atoms with Crippen LogP contribution in [0.3, 0.4) is 0 Å². The van der Waals surface area contributed by atoms with Crippen molar-refractivity contribution in [3.63, 3.8) is 0 Å². The van der Waals surface area contributed by atoms with Crippen molar-refractivity contribution in [3.05, 3.63) is 29.8 Å². The second-order valence-electron chi connectivity index (χ2n) is 5.28. The third kappa shape index (κ3) is 6.14. The maximum atomic E-state index is 12.3. The van der Waals surface area contributed by atoms with E-state index in [0.717, 1.165) is 0 Å². The Morgan fingerprint density at radius 3 is 2.08 bits per heavy atom. The number of esters is 2.